The summed E-state index contributed by atoms with van der Waals surface area (Å²) >= 11 is 5.73. The van der Waals surface area contributed by atoms with Crippen LogP contribution in [0.4, 0.5) is 5.82 Å². The molecule has 0 atom stereocenters. The number of nitrogens with zero attached hydrogens (tertiary/aromatic N) is 3. The molecular weight excluding hydrogens is 320 g/mol. The molecule has 7 nitrogen and oxygen atoms in total. The summed E-state index contributed by atoms with van der Waals surface area (Å²) in [5, 5.41) is 16.7. The molecule has 0 unspecified atom stereocenters. The molecule has 2 aromatic heterocycles. The van der Waals surface area contributed by atoms with E-state index in [0.717, 1.165) is 0 Å². The number of para-hydroxylation sites is 1. The van der Waals surface area contributed by atoms with Gasteiger partial charge >= 0.3 is 5.97 Å². The number of nitrogens with one attached hydrogen (secondary N) is 1. The van der Waals surface area contributed by atoms with Crippen molar-refractivity contribution in [2.24, 2.45) is 0 Å². The zero-order valence-corrected chi connectivity index (χ0v) is 12.5. The van der Waals surface area contributed by atoms with Gasteiger partial charge in [0, 0.05) is 11.6 Å². The number of hydrogen-bond donors (Lipinski definition) is 2. The number of amides is 1. The van der Waals surface area contributed by atoms with Gasteiger partial charge < -0.3 is 10.4 Å². The lowest BCUT2D eigenvalue weighted by Gasteiger charge is -2.05. The third-order valence-electron chi connectivity index (χ3n) is 3.15. The normalized spacial score (nSPS) is 10.7. The van der Waals surface area contributed by atoms with Gasteiger partial charge in [-0.25, -0.2) is 9.78 Å². The van der Waals surface area contributed by atoms with E-state index in [4.69, 9.17) is 11.6 Å². The van der Waals surface area contributed by atoms with Crippen molar-refractivity contribution in [2.45, 2.75) is 6.54 Å². The smallest absolute Gasteiger partial charge is 0.357 e. The highest BCUT2D eigenvalue weighted by Crippen LogP contribution is 2.18. The number of aromatic carboxylic acids is 1. The maximum atomic E-state index is 12.1. The lowest BCUT2D eigenvalue weighted by Crippen LogP contribution is -2.20. The summed E-state index contributed by atoms with van der Waals surface area (Å²) in [6.45, 7) is -0.127. The number of carboxylic acids is 1. The number of aromatic nitrogens is 3. The highest BCUT2D eigenvalue weighted by atomic mass is 35.5. The van der Waals surface area contributed by atoms with E-state index >= 15 is 0 Å². The fourth-order valence-electron chi connectivity index (χ4n) is 2.17. The van der Waals surface area contributed by atoms with Crippen LogP contribution in [0.25, 0.3) is 10.9 Å². The SMILES string of the molecule is O=C(Cn1nc(C(=O)O)c2ccccc21)Nc1ccc(Cl)cn1. The average Bonchev–Trinajstić information content (AvgIpc) is 2.89. The number of benzene rings is 1. The molecule has 3 rings (SSSR count). The van der Waals surface area contributed by atoms with Gasteiger partial charge in [0.15, 0.2) is 5.69 Å². The van der Waals surface area contributed by atoms with Crippen molar-refractivity contribution in [3.05, 3.63) is 53.3 Å². The van der Waals surface area contributed by atoms with Crippen LogP contribution in [0, 0.1) is 0 Å². The number of carbonyl (C=O) groups is 2. The van der Waals surface area contributed by atoms with Crippen LogP contribution in [0.3, 0.4) is 0 Å². The van der Waals surface area contributed by atoms with Crippen LogP contribution >= 0.6 is 11.6 Å². The standard InChI is InChI=1S/C15H11ClN4O3/c16-9-5-6-12(17-7-9)18-13(21)8-20-11-4-2-1-3-10(11)14(19-20)15(22)23/h1-7H,8H2,(H,22,23)(H,17,18,21). The number of anilines is 1. The Morgan fingerprint density at radius 3 is 2.70 bits per heavy atom. The molecule has 1 amide bonds. The second-order valence-electron chi connectivity index (χ2n) is 4.74. The van der Waals surface area contributed by atoms with Gasteiger partial charge in [0.25, 0.3) is 0 Å². The summed E-state index contributed by atoms with van der Waals surface area (Å²) in [4.78, 5) is 27.3. The number of hydrogen-bond acceptors (Lipinski definition) is 4. The van der Waals surface area contributed by atoms with Gasteiger partial charge in [-0.05, 0) is 18.2 Å². The first-order valence-electron chi connectivity index (χ1n) is 6.65. The van der Waals surface area contributed by atoms with E-state index in [1.807, 2.05) is 0 Å². The van der Waals surface area contributed by atoms with Crippen molar-refractivity contribution in [3.63, 3.8) is 0 Å². The van der Waals surface area contributed by atoms with Gasteiger partial charge in [-0.15, -0.1) is 0 Å². The Hall–Kier alpha value is -2.93. The van der Waals surface area contributed by atoms with Gasteiger partial charge in [0.1, 0.15) is 12.4 Å². The number of pyridine rings is 1. The zero-order valence-electron chi connectivity index (χ0n) is 11.7. The summed E-state index contributed by atoms with van der Waals surface area (Å²) in [6, 6.07) is 10.0. The van der Waals surface area contributed by atoms with Crippen LogP contribution < -0.4 is 5.32 Å². The molecule has 0 aliphatic heterocycles. The minimum atomic E-state index is -1.14. The van der Waals surface area contributed by atoms with Gasteiger partial charge in [-0.3, -0.25) is 9.48 Å². The first kappa shape index (κ1) is 15.0. The van der Waals surface area contributed by atoms with E-state index in [-0.39, 0.29) is 18.1 Å². The van der Waals surface area contributed by atoms with Gasteiger partial charge in [-0.1, -0.05) is 29.8 Å². The van der Waals surface area contributed by atoms with Crippen molar-refractivity contribution in [3.8, 4) is 0 Å². The van der Waals surface area contributed by atoms with Crippen LogP contribution in [0.1, 0.15) is 10.5 Å². The molecule has 1 aromatic carbocycles. The second-order valence-corrected chi connectivity index (χ2v) is 5.17. The van der Waals surface area contributed by atoms with Crippen molar-refractivity contribution in [2.75, 3.05) is 5.32 Å². The molecular formula is C15H11ClN4O3. The largest absolute Gasteiger partial charge is 0.476 e. The zero-order chi connectivity index (χ0) is 16.4. The number of fused-ring (bicyclic) bond motifs is 1. The van der Waals surface area contributed by atoms with Gasteiger partial charge in [0.05, 0.1) is 10.5 Å². The molecule has 0 spiro atoms. The molecule has 0 fully saturated rings. The molecule has 23 heavy (non-hydrogen) atoms. The minimum absolute atomic E-state index is 0.0852. The lowest BCUT2D eigenvalue weighted by molar-refractivity contribution is -0.116. The summed E-state index contributed by atoms with van der Waals surface area (Å²) in [5.41, 5.74) is 0.488. The van der Waals surface area contributed by atoms with Crippen LogP contribution in [0.5, 0.6) is 0 Å². The highest BCUT2D eigenvalue weighted by molar-refractivity contribution is 6.30. The van der Waals surface area contributed by atoms with E-state index in [9.17, 15) is 14.7 Å². The molecule has 2 heterocycles. The molecule has 0 aliphatic carbocycles. The molecule has 0 aliphatic rings. The van der Waals surface area contributed by atoms with Gasteiger partial charge in [0.2, 0.25) is 5.91 Å². The van der Waals surface area contributed by atoms with Gasteiger partial charge in [-0.2, -0.15) is 5.10 Å². The monoisotopic (exact) mass is 330 g/mol. The predicted octanol–water partition coefficient (Wildman–Crippen LogP) is 2.42. The molecule has 0 saturated heterocycles. The fraction of sp³-hybridized carbons (Fsp3) is 0.0667. The molecule has 116 valence electrons. The molecule has 3 aromatic rings. The van der Waals surface area contributed by atoms with E-state index in [0.29, 0.717) is 21.7 Å². The third-order valence-corrected chi connectivity index (χ3v) is 3.37. The van der Waals surface area contributed by atoms with E-state index in [1.54, 1.807) is 36.4 Å². The molecule has 0 radical (unpaired) electrons. The van der Waals surface area contributed by atoms with Crippen molar-refractivity contribution in [1.82, 2.24) is 14.8 Å². The first-order chi connectivity index (χ1) is 11.0. The number of rotatable bonds is 4. The van der Waals surface area contributed by atoms with Crippen LogP contribution in [0.2, 0.25) is 5.02 Å². The maximum Gasteiger partial charge on any atom is 0.357 e. The molecule has 2 N–H and O–H groups in total. The molecule has 0 bridgehead atoms. The van der Waals surface area contributed by atoms with Crippen LogP contribution in [0.15, 0.2) is 42.6 Å². The summed E-state index contributed by atoms with van der Waals surface area (Å²) in [5.74, 6) is -1.15. The Kier molecular flexibility index (Phi) is 3.94. The topological polar surface area (TPSA) is 97.1 Å². The first-order valence-corrected chi connectivity index (χ1v) is 7.02. The quantitative estimate of drug-likeness (QED) is 0.765. The Morgan fingerprint density at radius 2 is 2.00 bits per heavy atom. The number of carbonyl (C=O) groups excluding carboxylic acids is 1. The number of carboxylic acid groups (broad SMARTS) is 1. The highest BCUT2D eigenvalue weighted by Gasteiger charge is 2.17. The van der Waals surface area contributed by atoms with Crippen LogP contribution in [-0.4, -0.2) is 31.7 Å². The van der Waals surface area contributed by atoms with Crippen molar-refractivity contribution < 1.29 is 14.7 Å². The summed E-state index contributed by atoms with van der Waals surface area (Å²) in [6.07, 6.45) is 1.42. The molecule has 0 saturated carbocycles. The maximum absolute atomic E-state index is 12.1. The number of halogens is 1. The lowest BCUT2D eigenvalue weighted by atomic mass is 10.2. The Labute approximate surface area is 135 Å². The summed E-state index contributed by atoms with van der Waals surface area (Å²) in [7, 11) is 0. The molecule has 8 heteroatoms. The fourth-order valence-corrected chi connectivity index (χ4v) is 2.29. The van der Waals surface area contributed by atoms with Crippen molar-refractivity contribution in [1.29, 1.82) is 0 Å². The van der Waals surface area contributed by atoms with E-state index in [1.165, 1.54) is 10.9 Å². The van der Waals surface area contributed by atoms with Crippen LogP contribution in [-0.2, 0) is 11.3 Å². The third kappa shape index (κ3) is 3.14. The predicted molar refractivity (Wildman–Crippen MR) is 84.6 cm³/mol. The Balaban J connectivity index is 1.85. The minimum Gasteiger partial charge on any atom is -0.476 e. The van der Waals surface area contributed by atoms with E-state index in [2.05, 4.69) is 15.4 Å². The summed E-state index contributed by atoms with van der Waals surface area (Å²) < 4.78 is 1.35. The Morgan fingerprint density at radius 1 is 1.22 bits per heavy atom. The Bertz CT molecular complexity index is 889. The van der Waals surface area contributed by atoms with Crippen molar-refractivity contribution >= 4 is 40.2 Å². The second kappa shape index (κ2) is 6.05. The average molecular weight is 331 g/mol. The van der Waals surface area contributed by atoms with E-state index < -0.39 is 5.97 Å².